The van der Waals surface area contributed by atoms with Crippen LogP contribution in [0.3, 0.4) is 0 Å². The number of sulfonamides is 1. The number of rotatable bonds is 3. The average Bonchev–Trinajstić information content (AvgIpc) is 2.82. The van der Waals surface area contributed by atoms with Gasteiger partial charge >= 0.3 is 0 Å². The highest BCUT2D eigenvalue weighted by Crippen LogP contribution is 2.35. The molecular weight excluding hydrogens is 312 g/mol. The molecule has 21 heavy (non-hydrogen) atoms. The van der Waals surface area contributed by atoms with Crippen molar-refractivity contribution in [3.05, 3.63) is 22.7 Å². The highest BCUT2D eigenvalue weighted by atomic mass is 32.2. The third-order valence-corrected chi connectivity index (χ3v) is 5.26. The fraction of sp³-hybridized carbons (Fsp3) is 0.333. The first-order chi connectivity index (χ1) is 9.95. The van der Waals surface area contributed by atoms with E-state index in [2.05, 4.69) is 14.9 Å². The predicted octanol–water partition coefficient (Wildman–Crippen LogP) is 1.55. The molecule has 7 nitrogen and oxygen atoms in total. The Balaban J connectivity index is 2.04. The third-order valence-electron chi connectivity index (χ3n) is 3.03. The van der Waals surface area contributed by atoms with Gasteiger partial charge in [-0.05, 0) is 37.5 Å². The van der Waals surface area contributed by atoms with E-state index in [1.165, 1.54) is 17.4 Å². The van der Waals surface area contributed by atoms with Crippen molar-refractivity contribution in [3.8, 4) is 5.75 Å². The predicted molar refractivity (Wildman–Crippen MR) is 80.1 cm³/mol. The second-order valence-corrected chi connectivity index (χ2v) is 7.52. The molecule has 0 spiro atoms. The van der Waals surface area contributed by atoms with Crippen LogP contribution in [-0.2, 0) is 16.4 Å². The lowest BCUT2D eigenvalue weighted by Crippen LogP contribution is -2.18. The number of aryl methyl sites for hydroxylation is 2. The zero-order valence-corrected chi connectivity index (χ0v) is 12.9. The Bertz CT molecular complexity index is 786. The Morgan fingerprint density at radius 2 is 2.19 bits per heavy atom. The van der Waals surface area contributed by atoms with Crippen LogP contribution in [0.1, 0.15) is 17.0 Å². The number of fused-ring (bicyclic) bond motifs is 1. The van der Waals surface area contributed by atoms with Crippen molar-refractivity contribution in [2.45, 2.75) is 24.7 Å². The van der Waals surface area contributed by atoms with E-state index in [4.69, 9.17) is 10.5 Å². The maximum Gasteiger partial charge on any atom is 0.267 e. The second kappa shape index (κ2) is 5.15. The largest absolute Gasteiger partial charge is 0.492 e. The minimum absolute atomic E-state index is 0.0463. The van der Waals surface area contributed by atoms with Crippen LogP contribution in [-0.4, -0.2) is 25.2 Å². The number of hydrogen-bond acceptors (Lipinski definition) is 7. The van der Waals surface area contributed by atoms with Gasteiger partial charge in [-0.3, -0.25) is 4.72 Å². The average molecular weight is 326 g/mol. The molecule has 0 radical (unpaired) electrons. The molecular formula is C12H14N4O3S2. The molecule has 1 aliphatic rings. The maximum atomic E-state index is 12.5. The number of ether oxygens (including phenoxy) is 1. The Morgan fingerprint density at radius 1 is 1.38 bits per heavy atom. The number of benzene rings is 1. The smallest absolute Gasteiger partial charge is 0.267 e. The second-order valence-electron chi connectivity index (χ2n) is 4.69. The number of nitrogens with one attached hydrogen (secondary N) is 1. The van der Waals surface area contributed by atoms with Crippen LogP contribution in [0.25, 0.3) is 0 Å². The quantitative estimate of drug-likeness (QED) is 0.829. The van der Waals surface area contributed by atoms with Gasteiger partial charge in [-0.1, -0.05) is 11.3 Å². The lowest BCUT2D eigenvalue weighted by molar-refractivity contribution is 0.280. The van der Waals surface area contributed by atoms with E-state index in [0.29, 0.717) is 23.1 Å². The van der Waals surface area contributed by atoms with Crippen LogP contribution < -0.4 is 15.2 Å². The molecule has 1 aromatic heterocycles. The molecule has 2 aromatic rings. The summed E-state index contributed by atoms with van der Waals surface area (Å²) in [5.74, 6) is 0.379. The summed E-state index contributed by atoms with van der Waals surface area (Å²) in [6, 6.07) is 3.16. The summed E-state index contributed by atoms with van der Waals surface area (Å²) in [7, 11) is -3.81. The van der Waals surface area contributed by atoms with Crippen LogP contribution in [0, 0.1) is 6.92 Å². The van der Waals surface area contributed by atoms with Crippen molar-refractivity contribution in [2.75, 3.05) is 17.1 Å². The van der Waals surface area contributed by atoms with Gasteiger partial charge in [0.25, 0.3) is 10.0 Å². The van der Waals surface area contributed by atoms with Crippen molar-refractivity contribution in [1.82, 2.24) is 10.2 Å². The van der Waals surface area contributed by atoms with Crippen LogP contribution >= 0.6 is 11.3 Å². The van der Waals surface area contributed by atoms with Crippen LogP contribution in [0.4, 0.5) is 10.8 Å². The number of nitrogens with two attached hydrogens (primary N) is 1. The highest BCUT2D eigenvalue weighted by Gasteiger charge is 2.26. The molecule has 2 heterocycles. The van der Waals surface area contributed by atoms with Gasteiger partial charge in [0.1, 0.15) is 15.7 Å². The number of anilines is 2. The topological polar surface area (TPSA) is 107 Å². The van der Waals surface area contributed by atoms with Gasteiger partial charge in [0, 0.05) is 5.69 Å². The molecule has 0 saturated heterocycles. The summed E-state index contributed by atoms with van der Waals surface area (Å²) in [5, 5.41) is 8.45. The van der Waals surface area contributed by atoms with Crippen LogP contribution in [0.15, 0.2) is 17.0 Å². The minimum atomic E-state index is -3.81. The highest BCUT2D eigenvalue weighted by molar-refractivity contribution is 7.93. The van der Waals surface area contributed by atoms with E-state index in [9.17, 15) is 8.42 Å². The van der Waals surface area contributed by atoms with Gasteiger partial charge in [0.2, 0.25) is 5.13 Å². The van der Waals surface area contributed by atoms with Crippen molar-refractivity contribution >= 4 is 32.2 Å². The molecule has 9 heteroatoms. The van der Waals surface area contributed by atoms with E-state index in [0.717, 1.165) is 18.4 Å². The van der Waals surface area contributed by atoms with Gasteiger partial charge in [-0.15, -0.1) is 10.2 Å². The van der Waals surface area contributed by atoms with E-state index >= 15 is 0 Å². The fourth-order valence-electron chi connectivity index (χ4n) is 2.18. The molecule has 112 valence electrons. The van der Waals surface area contributed by atoms with E-state index < -0.39 is 10.0 Å². The summed E-state index contributed by atoms with van der Waals surface area (Å²) in [6.45, 7) is 2.25. The number of nitrogen functional groups attached to an aromatic ring is 1. The molecule has 0 fully saturated rings. The molecule has 0 aliphatic carbocycles. The van der Waals surface area contributed by atoms with E-state index in [1.807, 2.05) is 0 Å². The van der Waals surface area contributed by atoms with Gasteiger partial charge in [0.05, 0.1) is 6.61 Å². The first-order valence-electron chi connectivity index (χ1n) is 6.34. The molecule has 0 bridgehead atoms. The van der Waals surface area contributed by atoms with Crippen LogP contribution in [0.2, 0.25) is 0 Å². The zero-order chi connectivity index (χ0) is 15.0. The molecule has 0 amide bonds. The maximum absolute atomic E-state index is 12.5. The van der Waals surface area contributed by atoms with Crippen molar-refractivity contribution in [1.29, 1.82) is 0 Å². The van der Waals surface area contributed by atoms with Gasteiger partial charge in [-0.2, -0.15) is 0 Å². The number of hydrogen-bond donors (Lipinski definition) is 2. The molecule has 0 unspecified atom stereocenters. The summed E-state index contributed by atoms with van der Waals surface area (Å²) in [4.78, 5) is 0.0463. The lowest BCUT2D eigenvalue weighted by Gasteiger charge is -2.20. The number of aromatic nitrogens is 2. The normalized spacial score (nSPS) is 14.3. The Labute approximate surface area is 126 Å². The number of nitrogens with zero attached hydrogens (tertiary/aromatic N) is 2. The van der Waals surface area contributed by atoms with E-state index in [1.54, 1.807) is 13.0 Å². The van der Waals surface area contributed by atoms with Gasteiger partial charge in [-0.25, -0.2) is 8.42 Å². The summed E-state index contributed by atoms with van der Waals surface area (Å²) in [5.41, 5.74) is 7.01. The lowest BCUT2D eigenvalue weighted by atomic mass is 10.1. The first kappa shape index (κ1) is 14.1. The van der Waals surface area contributed by atoms with Crippen LogP contribution in [0.5, 0.6) is 5.75 Å². The Morgan fingerprint density at radius 3 is 2.90 bits per heavy atom. The molecule has 1 aliphatic heterocycles. The van der Waals surface area contributed by atoms with Crippen molar-refractivity contribution in [2.24, 2.45) is 0 Å². The van der Waals surface area contributed by atoms with Crippen molar-refractivity contribution < 1.29 is 13.2 Å². The van der Waals surface area contributed by atoms with Gasteiger partial charge < -0.3 is 10.5 Å². The fourth-order valence-corrected chi connectivity index (χ4v) is 4.22. The monoisotopic (exact) mass is 326 g/mol. The molecule has 3 N–H and O–H groups in total. The summed E-state index contributed by atoms with van der Waals surface area (Å²) >= 11 is 1.17. The Hall–Kier alpha value is -1.87. The van der Waals surface area contributed by atoms with E-state index in [-0.39, 0.29) is 10.0 Å². The van der Waals surface area contributed by atoms with Crippen molar-refractivity contribution in [3.63, 3.8) is 0 Å². The van der Waals surface area contributed by atoms with Gasteiger partial charge in [0.15, 0.2) is 0 Å². The third kappa shape index (κ3) is 2.79. The summed E-state index contributed by atoms with van der Waals surface area (Å²) in [6.07, 6.45) is 1.60. The molecule has 1 aromatic carbocycles. The first-order valence-corrected chi connectivity index (χ1v) is 8.64. The standard InChI is InChI=1S/C12H14N4O3S2/c1-7-14-15-12(20-7)16-21(17,18)10-6-9(13)5-8-3-2-4-19-11(8)10/h5-6H,2-4,13H2,1H3,(H,15,16). The summed E-state index contributed by atoms with van der Waals surface area (Å²) < 4.78 is 33.0. The SMILES string of the molecule is Cc1nnc(NS(=O)(=O)c2cc(N)cc3c2OCCC3)s1. The molecule has 0 atom stereocenters. The Kier molecular flexibility index (Phi) is 3.46. The molecule has 0 saturated carbocycles. The zero-order valence-electron chi connectivity index (χ0n) is 11.3. The molecule has 3 rings (SSSR count). The minimum Gasteiger partial charge on any atom is -0.492 e.